The molecule has 1 aromatic heterocycles. The average Bonchev–Trinajstić information content (AvgIpc) is 2.77. The van der Waals surface area contributed by atoms with Gasteiger partial charge in [-0.15, -0.1) is 0 Å². The van der Waals surface area contributed by atoms with Gasteiger partial charge in [0.1, 0.15) is 5.69 Å². The number of carboxylic acids is 1. The maximum Gasteiger partial charge on any atom is 0.352 e. The van der Waals surface area contributed by atoms with E-state index in [-0.39, 0.29) is 11.6 Å². The zero-order valence-electron chi connectivity index (χ0n) is 8.19. The number of H-pyrrole nitrogens is 1. The SMILES string of the molecule is O=C(O)c1cc(CN2CCCC2=O)c[nH]1. The van der Waals surface area contributed by atoms with Crippen LogP contribution in [0.1, 0.15) is 28.9 Å². The Bertz CT molecular complexity index is 397. The number of carboxylic acid groups (broad SMARTS) is 1. The van der Waals surface area contributed by atoms with Gasteiger partial charge in [-0.2, -0.15) is 0 Å². The van der Waals surface area contributed by atoms with Gasteiger partial charge >= 0.3 is 5.97 Å². The van der Waals surface area contributed by atoms with Crippen molar-refractivity contribution in [2.75, 3.05) is 6.54 Å². The number of nitrogens with one attached hydrogen (secondary N) is 1. The summed E-state index contributed by atoms with van der Waals surface area (Å²) < 4.78 is 0. The third-order valence-corrected chi connectivity index (χ3v) is 2.52. The van der Waals surface area contributed by atoms with E-state index >= 15 is 0 Å². The third-order valence-electron chi connectivity index (χ3n) is 2.52. The predicted molar refractivity (Wildman–Crippen MR) is 52.4 cm³/mol. The summed E-state index contributed by atoms with van der Waals surface area (Å²) in [6.07, 6.45) is 3.14. The standard InChI is InChI=1S/C10H12N2O3/c13-9-2-1-3-12(9)6-7-4-8(10(14)15)11-5-7/h4-5,11H,1-3,6H2,(H,14,15). The Kier molecular flexibility index (Phi) is 2.45. The molecule has 80 valence electrons. The van der Waals surface area contributed by atoms with Crippen molar-refractivity contribution in [2.45, 2.75) is 19.4 Å². The minimum Gasteiger partial charge on any atom is -0.477 e. The van der Waals surface area contributed by atoms with Crippen molar-refractivity contribution in [1.29, 1.82) is 0 Å². The first kappa shape index (κ1) is 9.76. The van der Waals surface area contributed by atoms with Gasteiger partial charge in [0.25, 0.3) is 0 Å². The highest BCUT2D eigenvalue weighted by Crippen LogP contribution is 2.14. The summed E-state index contributed by atoms with van der Waals surface area (Å²) in [6.45, 7) is 1.27. The van der Waals surface area contributed by atoms with Crippen molar-refractivity contribution >= 4 is 11.9 Å². The number of nitrogens with zero attached hydrogens (tertiary/aromatic N) is 1. The van der Waals surface area contributed by atoms with Crippen LogP contribution in [0.15, 0.2) is 12.3 Å². The van der Waals surface area contributed by atoms with Gasteiger partial charge in [-0.3, -0.25) is 4.79 Å². The molecule has 5 nitrogen and oxygen atoms in total. The lowest BCUT2D eigenvalue weighted by Gasteiger charge is -2.13. The quantitative estimate of drug-likeness (QED) is 0.772. The molecule has 1 aromatic rings. The van der Waals surface area contributed by atoms with Crippen LogP contribution in [0, 0.1) is 0 Å². The van der Waals surface area contributed by atoms with E-state index in [2.05, 4.69) is 4.98 Å². The number of amides is 1. The van der Waals surface area contributed by atoms with Crippen molar-refractivity contribution in [1.82, 2.24) is 9.88 Å². The van der Waals surface area contributed by atoms with Gasteiger partial charge in [-0.05, 0) is 18.1 Å². The number of rotatable bonds is 3. The Hall–Kier alpha value is -1.78. The second-order valence-corrected chi connectivity index (χ2v) is 3.65. The van der Waals surface area contributed by atoms with Crippen LogP contribution in [-0.4, -0.2) is 33.4 Å². The Labute approximate surface area is 86.7 Å². The van der Waals surface area contributed by atoms with Crippen molar-refractivity contribution in [3.63, 3.8) is 0 Å². The summed E-state index contributed by atoms with van der Waals surface area (Å²) in [5.41, 5.74) is 0.999. The fourth-order valence-electron chi connectivity index (χ4n) is 1.75. The van der Waals surface area contributed by atoms with Gasteiger partial charge in [0.15, 0.2) is 0 Å². The molecule has 0 atom stereocenters. The third kappa shape index (κ3) is 2.01. The summed E-state index contributed by atoms with van der Waals surface area (Å²) in [5.74, 6) is -0.831. The summed E-state index contributed by atoms with van der Waals surface area (Å²) >= 11 is 0. The van der Waals surface area contributed by atoms with Gasteiger partial charge in [0.05, 0.1) is 0 Å². The zero-order chi connectivity index (χ0) is 10.8. The van der Waals surface area contributed by atoms with Crippen molar-refractivity contribution in [3.8, 4) is 0 Å². The first-order valence-corrected chi connectivity index (χ1v) is 4.85. The fourth-order valence-corrected chi connectivity index (χ4v) is 1.75. The molecule has 1 saturated heterocycles. The molecule has 5 heteroatoms. The van der Waals surface area contributed by atoms with E-state index in [1.165, 1.54) is 0 Å². The van der Waals surface area contributed by atoms with Crippen LogP contribution in [0.5, 0.6) is 0 Å². The van der Waals surface area contributed by atoms with Crippen molar-refractivity contribution in [3.05, 3.63) is 23.5 Å². The molecule has 0 aromatic carbocycles. The van der Waals surface area contributed by atoms with Crippen LogP contribution >= 0.6 is 0 Å². The van der Waals surface area contributed by atoms with E-state index in [4.69, 9.17) is 5.11 Å². The number of hydrogen-bond donors (Lipinski definition) is 2. The molecule has 2 N–H and O–H groups in total. The second kappa shape index (κ2) is 3.76. The first-order valence-electron chi connectivity index (χ1n) is 4.85. The minimum atomic E-state index is -0.978. The van der Waals surface area contributed by atoms with E-state index in [1.54, 1.807) is 17.2 Å². The van der Waals surface area contributed by atoms with Crippen LogP contribution in [0.25, 0.3) is 0 Å². The number of hydrogen-bond acceptors (Lipinski definition) is 2. The number of carbonyl (C=O) groups is 2. The van der Waals surface area contributed by atoms with Gasteiger partial charge in [0, 0.05) is 25.7 Å². The Morgan fingerprint density at radius 2 is 2.40 bits per heavy atom. The monoisotopic (exact) mass is 208 g/mol. The van der Waals surface area contributed by atoms with Crippen LogP contribution in [0.3, 0.4) is 0 Å². The summed E-state index contributed by atoms with van der Waals surface area (Å²) in [6, 6.07) is 1.56. The van der Waals surface area contributed by atoms with E-state index in [0.717, 1.165) is 18.5 Å². The summed E-state index contributed by atoms with van der Waals surface area (Å²) in [5, 5.41) is 8.70. The van der Waals surface area contributed by atoms with Crippen molar-refractivity contribution < 1.29 is 14.7 Å². The largest absolute Gasteiger partial charge is 0.477 e. The zero-order valence-corrected chi connectivity index (χ0v) is 8.19. The molecule has 0 radical (unpaired) electrons. The van der Waals surface area contributed by atoms with Crippen LogP contribution in [-0.2, 0) is 11.3 Å². The van der Waals surface area contributed by atoms with Crippen LogP contribution < -0.4 is 0 Å². The lowest BCUT2D eigenvalue weighted by molar-refractivity contribution is -0.128. The maximum atomic E-state index is 11.3. The van der Waals surface area contributed by atoms with E-state index < -0.39 is 5.97 Å². The Morgan fingerprint density at radius 3 is 2.93 bits per heavy atom. The highest BCUT2D eigenvalue weighted by Gasteiger charge is 2.20. The summed E-state index contributed by atoms with van der Waals surface area (Å²) in [7, 11) is 0. The van der Waals surface area contributed by atoms with Crippen LogP contribution in [0.2, 0.25) is 0 Å². The smallest absolute Gasteiger partial charge is 0.352 e. The van der Waals surface area contributed by atoms with Gasteiger partial charge in [-0.1, -0.05) is 0 Å². The second-order valence-electron chi connectivity index (χ2n) is 3.65. The number of aromatic nitrogens is 1. The fraction of sp³-hybridized carbons (Fsp3) is 0.400. The molecule has 1 aliphatic heterocycles. The molecule has 0 saturated carbocycles. The number of likely N-dealkylation sites (tertiary alicyclic amines) is 1. The molecular formula is C10H12N2O3. The molecule has 15 heavy (non-hydrogen) atoms. The minimum absolute atomic E-state index is 0.146. The first-order chi connectivity index (χ1) is 7.16. The molecule has 0 bridgehead atoms. The lowest BCUT2D eigenvalue weighted by Crippen LogP contribution is -2.23. The van der Waals surface area contributed by atoms with Crippen LogP contribution in [0.4, 0.5) is 0 Å². The van der Waals surface area contributed by atoms with E-state index in [1.807, 2.05) is 0 Å². The maximum absolute atomic E-state index is 11.3. The molecule has 2 rings (SSSR count). The van der Waals surface area contributed by atoms with E-state index in [0.29, 0.717) is 13.0 Å². The average molecular weight is 208 g/mol. The number of carbonyl (C=O) groups excluding carboxylic acids is 1. The highest BCUT2D eigenvalue weighted by molar-refractivity contribution is 5.85. The molecular weight excluding hydrogens is 196 g/mol. The predicted octanol–water partition coefficient (Wildman–Crippen LogP) is 0.835. The lowest BCUT2D eigenvalue weighted by atomic mass is 10.3. The van der Waals surface area contributed by atoms with Crippen molar-refractivity contribution in [2.24, 2.45) is 0 Å². The topological polar surface area (TPSA) is 73.4 Å². The highest BCUT2D eigenvalue weighted by atomic mass is 16.4. The number of aromatic carboxylic acids is 1. The normalized spacial score (nSPS) is 16.0. The van der Waals surface area contributed by atoms with Gasteiger partial charge in [0.2, 0.25) is 5.91 Å². The molecule has 1 fully saturated rings. The van der Waals surface area contributed by atoms with Gasteiger partial charge in [-0.25, -0.2) is 4.79 Å². The van der Waals surface area contributed by atoms with E-state index in [9.17, 15) is 9.59 Å². The van der Waals surface area contributed by atoms with Gasteiger partial charge < -0.3 is 15.0 Å². The molecule has 0 spiro atoms. The molecule has 0 aliphatic carbocycles. The number of aromatic amines is 1. The molecule has 1 amide bonds. The molecule has 2 heterocycles. The summed E-state index contributed by atoms with van der Waals surface area (Å²) in [4.78, 5) is 26.3. The molecule has 0 unspecified atom stereocenters. The Morgan fingerprint density at radius 1 is 1.60 bits per heavy atom. The Balaban J connectivity index is 2.04. The molecule has 1 aliphatic rings.